The van der Waals surface area contributed by atoms with Crippen LogP contribution < -0.4 is 5.32 Å². The summed E-state index contributed by atoms with van der Waals surface area (Å²) in [6.07, 6.45) is 0.0369. The van der Waals surface area contributed by atoms with Crippen LogP contribution in [-0.4, -0.2) is 39.5 Å². The predicted octanol–water partition coefficient (Wildman–Crippen LogP) is 2.69. The van der Waals surface area contributed by atoms with Crippen molar-refractivity contribution < 1.29 is 26.0 Å². The van der Waals surface area contributed by atoms with Crippen LogP contribution in [0.4, 0.5) is 10.1 Å². The standard InChI is InChI=1S/C17H15ClFNO5S2/c18-15-9-12(4-5-16(15)19)20-17(21)11-2-1-3-13(8-11)27(24,25)14-6-7-26(22,23)10-14/h1-5,8-9,14H,6-7,10H2,(H,20,21)/t14-/m0/s1. The fourth-order valence-corrected chi connectivity index (χ4v) is 7.37. The minimum atomic E-state index is -3.88. The van der Waals surface area contributed by atoms with Crippen LogP contribution >= 0.6 is 11.6 Å². The summed E-state index contributed by atoms with van der Waals surface area (Å²) in [5.74, 6) is -1.81. The molecule has 0 radical (unpaired) electrons. The lowest BCUT2D eigenvalue weighted by atomic mass is 10.2. The summed E-state index contributed by atoms with van der Waals surface area (Å²) in [5, 5.41) is 1.33. The van der Waals surface area contributed by atoms with E-state index in [1.165, 1.54) is 36.4 Å². The number of hydrogen-bond donors (Lipinski definition) is 1. The van der Waals surface area contributed by atoms with Crippen molar-refractivity contribution in [1.29, 1.82) is 0 Å². The maximum absolute atomic E-state index is 13.2. The number of halogens is 2. The van der Waals surface area contributed by atoms with Crippen molar-refractivity contribution in [2.45, 2.75) is 16.6 Å². The highest BCUT2D eigenvalue weighted by atomic mass is 35.5. The first-order chi connectivity index (χ1) is 12.6. The van der Waals surface area contributed by atoms with E-state index in [0.29, 0.717) is 0 Å². The van der Waals surface area contributed by atoms with Crippen molar-refractivity contribution in [2.24, 2.45) is 0 Å². The molecule has 0 spiro atoms. The van der Waals surface area contributed by atoms with Gasteiger partial charge in [0.2, 0.25) is 0 Å². The number of carbonyl (C=O) groups is 1. The zero-order chi connectivity index (χ0) is 19.8. The van der Waals surface area contributed by atoms with Crippen molar-refractivity contribution in [3.63, 3.8) is 0 Å². The van der Waals surface area contributed by atoms with Gasteiger partial charge < -0.3 is 5.32 Å². The van der Waals surface area contributed by atoms with Crippen molar-refractivity contribution in [2.75, 3.05) is 16.8 Å². The van der Waals surface area contributed by atoms with E-state index in [4.69, 9.17) is 11.6 Å². The van der Waals surface area contributed by atoms with Gasteiger partial charge in [0.1, 0.15) is 5.82 Å². The Balaban J connectivity index is 1.84. The summed E-state index contributed by atoms with van der Waals surface area (Å²) in [7, 11) is -7.24. The molecule has 144 valence electrons. The zero-order valence-electron chi connectivity index (χ0n) is 13.9. The highest BCUT2D eigenvalue weighted by Gasteiger charge is 2.38. The average Bonchev–Trinajstić information content (AvgIpc) is 2.99. The average molecular weight is 432 g/mol. The highest BCUT2D eigenvalue weighted by Crippen LogP contribution is 2.26. The molecular weight excluding hydrogens is 417 g/mol. The molecule has 0 saturated carbocycles. The number of benzene rings is 2. The van der Waals surface area contributed by atoms with Gasteiger partial charge in [-0.15, -0.1) is 0 Å². The van der Waals surface area contributed by atoms with Crippen molar-refractivity contribution in [3.05, 3.63) is 58.9 Å². The molecule has 2 aromatic carbocycles. The number of anilines is 1. The Hall–Kier alpha value is -1.97. The SMILES string of the molecule is O=C(Nc1ccc(F)c(Cl)c1)c1cccc(S(=O)(=O)[C@H]2CCS(=O)(=O)C2)c1. The van der Waals surface area contributed by atoms with Gasteiger partial charge >= 0.3 is 0 Å². The third-order valence-electron chi connectivity index (χ3n) is 4.23. The number of hydrogen-bond acceptors (Lipinski definition) is 5. The quantitative estimate of drug-likeness (QED) is 0.802. The van der Waals surface area contributed by atoms with Crippen LogP contribution in [0.15, 0.2) is 47.4 Å². The van der Waals surface area contributed by atoms with Crippen LogP contribution in [0.25, 0.3) is 0 Å². The first-order valence-corrected chi connectivity index (χ1v) is 11.6. The second-order valence-corrected chi connectivity index (χ2v) is 11.0. The zero-order valence-corrected chi connectivity index (χ0v) is 16.2. The molecule has 1 saturated heterocycles. The van der Waals surface area contributed by atoms with Gasteiger partial charge in [0.05, 0.1) is 26.7 Å². The van der Waals surface area contributed by atoms with Gasteiger partial charge in [0.15, 0.2) is 19.7 Å². The summed E-state index contributed by atoms with van der Waals surface area (Å²) in [6, 6.07) is 9.00. The van der Waals surface area contributed by atoms with Gasteiger partial charge in [-0.05, 0) is 42.8 Å². The minimum Gasteiger partial charge on any atom is -0.322 e. The molecule has 0 aliphatic carbocycles. The Bertz CT molecular complexity index is 1120. The Morgan fingerprint density at radius 2 is 1.93 bits per heavy atom. The maximum atomic E-state index is 13.2. The number of rotatable bonds is 4. The number of amides is 1. The van der Waals surface area contributed by atoms with E-state index in [1.807, 2.05) is 0 Å². The Kier molecular flexibility index (Phi) is 5.29. The van der Waals surface area contributed by atoms with Crippen LogP contribution in [-0.2, 0) is 19.7 Å². The molecule has 27 heavy (non-hydrogen) atoms. The van der Waals surface area contributed by atoms with Crippen LogP contribution in [0.5, 0.6) is 0 Å². The second-order valence-electron chi connectivity index (χ2n) is 6.18. The predicted molar refractivity (Wildman–Crippen MR) is 100 cm³/mol. The summed E-state index contributed by atoms with van der Waals surface area (Å²) >= 11 is 5.67. The molecule has 0 bridgehead atoms. The molecule has 0 aromatic heterocycles. The van der Waals surface area contributed by atoms with E-state index < -0.39 is 42.4 Å². The third kappa shape index (κ3) is 4.31. The van der Waals surface area contributed by atoms with Gasteiger partial charge in [0.25, 0.3) is 5.91 Å². The molecule has 1 aliphatic heterocycles. The number of carbonyl (C=O) groups excluding carboxylic acids is 1. The van der Waals surface area contributed by atoms with Crippen LogP contribution in [0.2, 0.25) is 5.02 Å². The summed E-state index contributed by atoms with van der Waals surface area (Å²) < 4.78 is 61.7. The molecule has 2 aromatic rings. The van der Waals surface area contributed by atoms with E-state index in [1.54, 1.807) is 0 Å². The highest BCUT2D eigenvalue weighted by molar-refractivity contribution is 7.96. The molecule has 1 heterocycles. The molecule has 6 nitrogen and oxygen atoms in total. The molecule has 10 heteroatoms. The molecule has 3 rings (SSSR count). The first-order valence-electron chi connectivity index (χ1n) is 7.89. The van der Waals surface area contributed by atoms with Gasteiger partial charge in [-0.3, -0.25) is 4.79 Å². The molecule has 1 N–H and O–H groups in total. The van der Waals surface area contributed by atoms with Gasteiger partial charge in [-0.25, -0.2) is 21.2 Å². The molecule has 1 amide bonds. The van der Waals surface area contributed by atoms with E-state index in [9.17, 15) is 26.0 Å². The monoisotopic (exact) mass is 431 g/mol. The Morgan fingerprint density at radius 3 is 2.56 bits per heavy atom. The van der Waals surface area contributed by atoms with Crippen LogP contribution in [0.3, 0.4) is 0 Å². The lowest BCUT2D eigenvalue weighted by molar-refractivity contribution is 0.102. The first kappa shape index (κ1) is 19.8. The fourth-order valence-electron chi connectivity index (χ4n) is 2.79. The largest absolute Gasteiger partial charge is 0.322 e. The maximum Gasteiger partial charge on any atom is 0.255 e. The summed E-state index contributed by atoms with van der Waals surface area (Å²) in [4.78, 5) is 12.3. The van der Waals surface area contributed by atoms with Crippen LogP contribution in [0, 0.1) is 5.82 Å². The van der Waals surface area contributed by atoms with E-state index in [0.717, 1.165) is 6.07 Å². The van der Waals surface area contributed by atoms with Crippen LogP contribution in [0.1, 0.15) is 16.8 Å². The normalized spacial score (nSPS) is 19.0. The number of nitrogens with one attached hydrogen (secondary N) is 1. The number of sulfone groups is 2. The smallest absolute Gasteiger partial charge is 0.255 e. The second kappa shape index (κ2) is 7.21. The van der Waals surface area contributed by atoms with Gasteiger partial charge in [-0.1, -0.05) is 17.7 Å². The topological polar surface area (TPSA) is 97.4 Å². The van der Waals surface area contributed by atoms with E-state index in [2.05, 4.69) is 5.32 Å². The molecule has 1 aliphatic rings. The molecule has 1 atom stereocenters. The van der Waals surface area contributed by atoms with Gasteiger partial charge in [-0.2, -0.15) is 0 Å². The molecule has 0 unspecified atom stereocenters. The van der Waals surface area contributed by atoms with Crippen molar-refractivity contribution in [1.82, 2.24) is 0 Å². The lowest BCUT2D eigenvalue weighted by Crippen LogP contribution is -2.23. The Morgan fingerprint density at radius 1 is 1.19 bits per heavy atom. The summed E-state index contributed by atoms with van der Waals surface area (Å²) in [6.45, 7) is 0. The third-order valence-corrected chi connectivity index (χ3v) is 8.69. The lowest BCUT2D eigenvalue weighted by Gasteiger charge is -2.12. The molecular formula is C17H15ClFNO5S2. The van der Waals surface area contributed by atoms with Crippen molar-refractivity contribution >= 4 is 42.9 Å². The Labute approximate surface area is 161 Å². The molecule has 1 fully saturated rings. The summed E-state index contributed by atoms with van der Waals surface area (Å²) in [5.41, 5.74) is 0.318. The minimum absolute atomic E-state index is 0.0369. The van der Waals surface area contributed by atoms with Gasteiger partial charge in [0, 0.05) is 11.3 Å². The van der Waals surface area contributed by atoms with E-state index >= 15 is 0 Å². The fraction of sp³-hybridized carbons (Fsp3) is 0.235. The van der Waals surface area contributed by atoms with Crippen molar-refractivity contribution in [3.8, 4) is 0 Å². The van der Waals surface area contributed by atoms with E-state index in [-0.39, 0.29) is 33.3 Å².